The first-order valence-corrected chi connectivity index (χ1v) is 6.84. The molecule has 1 aliphatic rings. The van der Waals surface area contributed by atoms with Crippen LogP contribution in [0.25, 0.3) is 0 Å². The van der Waals surface area contributed by atoms with E-state index in [0.717, 1.165) is 19.5 Å². The lowest BCUT2D eigenvalue weighted by molar-refractivity contribution is 0.357. The zero-order valence-electron chi connectivity index (χ0n) is 9.49. The van der Waals surface area contributed by atoms with Crippen molar-refractivity contribution in [1.29, 1.82) is 0 Å². The van der Waals surface area contributed by atoms with E-state index in [4.69, 9.17) is 0 Å². The van der Waals surface area contributed by atoms with E-state index in [-0.39, 0.29) is 0 Å². The average molecular weight is 235 g/mol. The van der Waals surface area contributed by atoms with Crippen LogP contribution in [-0.2, 0) is 10.2 Å². The summed E-state index contributed by atoms with van der Waals surface area (Å²) in [5.74, 6) is 0.614. The molecule has 1 saturated heterocycles. The summed E-state index contributed by atoms with van der Waals surface area (Å²) >= 11 is 0. The minimum atomic E-state index is -3.24. The number of nitrogens with one attached hydrogen (secondary N) is 2. The molecule has 1 unspecified atom stereocenters. The number of nitrogens with zero attached hydrogens (tertiary/aromatic N) is 1. The van der Waals surface area contributed by atoms with Crippen LogP contribution in [0.1, 0.15) is 19.3 Å². The lowest BCUT2D eigenvalue weighted by Gasteiger charge is -2.23. The Kier molecular flexibility index (Phi) is 4.98. The number of piperidine rings is 1. The smallest absolute Gasteiger partial charge is 0.278 e. The minimum absolute atomic E-state index is 0.535. The largest absolute Gasteiger partial charge is 0.316 e. The third kappa shape index (κ3) is 4.46. The number of hydrogen-bond donors (Lipinski definition) is 2. The van der Waals surface area contributed by atoms with Gasteiger partial charge in [-0.25, -0.2) is 4.72 Å². The Bertz CT molecular complexity index is 271. The molecule has 1 fully saturated rings. The molecular weight excluding hydrogens is 214 g/mol. The highest BCUT2D eigenvalue weighted by atomic mass is 32.2. The fraction of sp³-hybridized carbons (Fsp3) is 1.00. The molecular formula is C9H21N3O2S. The van der Waals surface area contributed by atoms with Crippen molar-refractivity contribution in [2.75, 3.05) is 33.7 Å². The molecule has 90 valence electrons. The maximum absolute atomic E-state index is 11.4. The first kappa shape index (κ1) is 12.9. The van der Waals surface area contributed by atoms with E-state index >= 15 is 0 Å². The normalized spacial score (nSPS) is 23.3. The fourth-order valence-electron chi connectivity index (χ4n) is 1.69. The summed E-state index contributed by atoms with van der Waals surface area (Å²) in [4.78, 5) is 0. The third-order valence-electron chi connectivity index (χ3n) is 2.72. The van der Waals surface area contributed by atoms with Crippen molar-refractivity contribution in [2.45, 2.75) is 19.3 Å². The zero-order valence-corrected chi connectivity index (χ0v) is 10.3. The summed E-state index contributed by atoms with van der Waals surface area (Å²) in [6, 6.07) is 0. The molecule has 1 aliphatic heterocycles. The van der Waals surface area contributed by atoms with Crippen molar-refractivity contribution in [3.63, 3.8) is 0 Å². The molecule has 2 N–H and O–H groups in total. The van der Waals surface area contributed by atoms with Gasteiger partial charge in [0.05, 0.1) is 0 Å². The van der Waals surface area contributed by atoms with Gasteiger partial charge >= 0.3 is 0 Å². The van der Waals surface area contributed by atoms with Crippen LogP contribution in [0.15, 0.2) is 0 Å². The Hall–Kier alpha value is -0.170. The van der Waals surface area contributed by atoms with Gasteiger partial charge in [-0.3, -0.25) is 0 Å². The molecule has 0 aromatic rings. The maximum Gasteiger partial charge on any atom is 0.278 e. The predicted molar refractivity (Wildman–Crippen MR) is 60.8 cm³/mol. The van der Waals surface area contributed by atoms with Gasteiger partial charge in [-0.15, -0.1) is 0 Å². The molecule has 0 spiro atoms. The maximum atomic E-state index is 11.4. The molecule has 0 aromatic carbocycles. The highest BCUT2D eigenvalue weighted by Gasteiger charge is 2.15. The first-order valence-electron chi connectivity index (χ1n) is 5.40. The molecule has 5 nitrogen and oxygen atoms in total. The van der Waals surface area contributed by atoms with Crippen molar-refractivity contribution in [2.24, 2.45) is 5.92 Å². The van der Waals surface area contributed by atoms with Crippen LogP contribution >= 0.6 is 0 Å². The summed E-state index contributed by atoms with van der Waals surface area (Å²) in [6.45, 7) is 2.65. The van der Waals surface area contributed by atoms with E-state index in [0.29, 0.717) is 12.5 Å². The van der Waals surface area contributed by atoms with Crippen molar-refractivity contribution in [3.05, 3.63) is 0 Å². The second-order valence-corrected chi connectivity index (χ2v) is 6.15. The number of hydrogen-bond acceptors (Lipinski definition) is 3. The van der Waals surface area contributed by atoms with Gasteiger partial charge in [-0.2, -0.15) is 12.7 Å². The molecule has 0 saturated carbocycles. The van der Waals surface area contributed by atoms with Gasteiger partial charge in [0, 0.05) is 20.6 Å². The Morgan fingerprint density at radius 2 is 2.20 bits per heavy atom. The van der Waals surface area contributed by atoms with Gasteiger partial charge in [-0.05, 0) is 38.3 Å². The quantitative estimate of drug-likeness (QED) is 0.692. The van der Waals surface area contributed by atoms with Crippen LogP contribution in [-0.4, -0.2) is 46.5 Å². The van der Waals surface area contributed by atoms with Gasteiger partial charge < -0.3 is 5.32 Å². The first-order chi connectivity index (χ1) is 7.02. The van der Waals surface area contributed by atoms with Crippen LogP contribution in [0.5, 0.6) is 0 Å². The second-order valence-electron chi connectivity index (χ2n) is 4.18. The molecule has 1 heterocycles. The Morgan fingerprint density at radius 1 is 1.47 bits per heavy atom. The molecule has 1 rings (SSSR count). The molecule has 0 aromatic heterocycles. The Morgan fingerprint density at radius 3 is 2.73 bits per heavy atom. The number of rotatable bonds is 5. The van der Waals surface area contributed by atoms with Gasteiger partial charge in [-0.1, -0.05) is 0 Å². The zero-order chi connectivity index (χ0) is 11.3. The van der Waals surface area contributed by atoms with E-state index in [1.54, 1.807) is 0 Å². The molecule has 6 heteroatoms. The van der Waals surface area contributed by atoms with Crippen molar-refractivity contribution >= 4 is 10.2 Å². The summed E-state index contributed by atoms with van der Waals surface area (Å²) < 4.78 is 26.5. The molecule has 0 aliphatic carbocycles. The van der Waals surface area contributed by atoms with E-state index in [1.165, 1.54) is 31.2 Å². The third-order valence-corrected chi connectivity index (χ3v) is 4.25. The van der Waals surface area contributed by atoms with Crippen LogP contribution < -0.4 is 10.0 Å². The highest BCUT2D eigenvalue weighted by Crippen LogP contribution is 2.12. The SMILES string of the molecule is CN(C)S(=O)(=O)NCCC1CCCNC1. The van der Waals surface area contributed by atoms with E-state index < -0.39 is 10.2 Å². The monoisotopic (exact) mass is 235 g/mol. The van der Waals surface area contributed by atoms with E-state index in [1.807, 2.05) is 0 Å². The predicted octanol–water partition coefficient (Wildman–Crippen LogP) is -0.228. The van der Waals surface area contributed by atoms with Crippen LogP contribution in [0, 0.1) is 5.92 Å². The average Bonchev–Trinajstić information content (AvgIpc) is 2.19. The minimum Gasteiger partial charge on any atom is -0.316 e. The molecule has 0 radical (unpaired) electrons. The Balaban J connectivity index is 2.20. The molecule has 1 atom stereocenters. The van der Waals surface area contributed by atoms with Crippen LogP contribution in [0.3, 0.4) is 0 Å². The summed E-state index contributed by atoms with van der Waals surface area (Å²) in [5.41, 5.74) is 0. The van der Waals surface area contributed by atoms with Crippen molar-refractivity contribution in [1.82, 2.24) is 14.3 Å². The van der Waals surface area contributed by atoms with Crippen LogP contribution in [0.2, 0.25) is 0 Å². The fourth-order valence-corrected chi connectivity index (χ4v) is 2.33. The Labute approximate surface area is 92.4 Å². The van der Waals surface area contributed by atoms with Crippen molar-refractivity contribution < 1.29 is 8.42 Å². The summed E-state index contributed by atoms with van der Waals surface area (Å²) in [5, 5.41) is 3.32. The van der Waals surface area contributed by atoms with Crippen LogP contribution in [0.4, 0.5) is 0 Å². The van der Waals surface area contributed by atoms with E-state index in [2.05, 4.69) is 10.0 Å². The van der Waals surface area contributed by atoms with E-state index in [9.17, 15) is 8.42 Å². The lowest BCUT2D eigenvalue weighted by Crippen LogP contribution is -2.38. The van der Waals surface area contributed by atoms with Crippen molar-refractivity contribution in [3.8, 4) is 0 Å². The second kappa shape index (κ2) is 5.79. The summed E-state index contributed by atoms with van der Waals surface area (Å²) in [7, 11) is -0.172. The lowest BCUT2D eigenvalue weighted by atomic mass is 9.96. The van der Waals surface area contributed by atoms with Gasteiger partial charge in [0.2, 0.25) is 0 Å². The summed E-state index contributed by atoms with van der Waals surface area (Å²) in [6.07, 6.45) is 3.32. The molecule has 0 bridgehead atoms. The topological polar surface area (TPSA) is 61.4 Å². The molecule has 0 amide bonds. The molecule has 15 heavy (non-hydrogen) atoms. The highest BCUT2D eigenvalue weighted by molar-refractivity contribution is 7.87. The van der Waals surface area contributed by atoms with Gasteiger partial charge in [0.25, 0.3) is 10.2 Å². The van der Waals surface area contributed by atoms with Gasteiger partial charge in [0.15, 0.2) is 0 Å². The standard InChI is InChI=1S/C9H21N3O2S/c1-12(2)15(13,14)11-7-5-9-4-3-6-10-8-9/h9-11H,3-8H2,1-2H3. The van der Waals surface area contributed by atoms with Gasteiger partial charge in [0.1, 0.15) is 0 Å².